The van der Waals surface area contributed by atoms with Crippen LogP contribution < -0.4 is 10.6 Å². The van der Waals surface area contributed by atoms with Gasteiger partial charge in [-0.1, -0.05) is 37.3 Å². The van der Waals surface area contributed by atoms with Crippen LogP contribution in [0, 0.1) is 0 Å². The first-order valence-corrected chi connectivity index (χ1v) is 8.90. The smallest absolute Gasteiger partial charge is 0.248 e. The lowest BCUT2D eigenvalue weighted by molar-refractivity contribution is -0.122. The molecule has 0 aliphatic rings. The number of hydrogen-bond donors (Lipinski definition) is 2. The van der Waals surface area contributed by atoms with E-state index in [1.165, 1.54) is 11.0 Å². The Hall–Kier alpha value is -2.35. The third-order valence-corrected chi connectivity index (χ3v) is 4.00. The Morgan fingerprint density at radius 1 is 1.21 bits per heavy atom. The zero-order valence-corrected chi connectivity index (χ0v) is 14.4. The summed E-state index contributed by atoms with van der Waals surface area (Å²) in [7, 11) is 0. The molecule has 2 aromatic rings. The van der Waals surface area contributed by atoms with E-state index >= 15 is 0 Å². The number of amides is 2. The first-order chi connectivity index (χ1) is 11.7. The van der Waals surface area contributed by atoms with Crippen molar-refractivity contribution in [3.8, 4) is 0 Å². The molecule has 1 aromatic heterocycles. The van der Waals surface area contributed by atoms with Crippen LogP contribution in [0.2, 0.25) is 0 Å². The second-order valence-electron chi connectivity index (χ2n) is 5.02. The van der Waals surface area contributed by atoms with E-state index in [1.807, 2.05) is 30.3 Å². The maximum Gasteiger partial charge on any atom is 0.248 e. The van der Waals surface area contributed by atoms with Crippen molar-refractivity contribution in [2.75, 3.05) is 16.8 Å². The fraction of sp³-hybridized carbons (Fsp3) is 0.375. The van der Waals surface area contributed by atoms with Gasteiger partial charge in [0.2, 0.25) is 17.8 Å². The molecule has 0 radical (unpaired) electrons. The summed E-state index contributed by atoms with van der Waals surface area (Å²) in [5.41, 5.74) is 1.03. The molecule has 0 aliphatic carbocycles. The molecular weight excluding hydrogens is 326 g/mol. The maximum atomic E-state index is 11.9. The molecule has 0 aliphatic heterocycles. The van der Waals surface area contributed by atoms with Gasteiger partial charge in [-0.25, -0.2) is 9.67 Å². The van der Waals surface area contributed by atoms with Gasteiger partial charge >= 0.3 is 0 Å². The number of nitrogens with zero attached hydrogens (tertiary/aromatic N) is 3. The Kier molecular flexibility index (Phi) is 7.28. The van der Waals surface area contributed by atoms with E-state index in [-0.39, 0.29) is 24.3 Å². The molecule has 0 saturated carbocycles. The van der Waals surface area contributed by atoms with Crippen LogP contribution in [0.15, 0.2) is 36.7 Å². The molecule has 1 heterocycles. The second kappa shape index (κ2) is 9.71. The van der Waals surface area contributed by atoms with Crippen molar-refractivity contribution in [3.63, 3.8) is 0 Å². The van der Waals surface area contributed by atoms with E-state index in [0.29, 0.717) is 13.0 Å². The van der Waals surface area contributed by atoms with Crippen LogP contribution in [0.5, 0.6) is 0 Å². The summed E-state index contributed by atoms with van der Waals surface area (Å²) in [5, 5.41) is 9.52. The highest BCUT2D eigenvalue weighted by atomic mass is 32.2. The predicted octanol–water partition coefficient (Wildman–Crippen LogP) is 1.68. The van der Waals surface area contributed by atoms with E-state index in [2.05, 4.69) is 27.6 Å². The fourth-order valence-corrected chi connectivity index (χ4v) is 2.54. The lowest BCUT2D eigenvalue weighted by atomic mass is 10.2. The summed E-state index contributed by atoms with van der Waals surface area (Å²) >= 11 is 1.70. The zero-order valence-electron chi connectivity index (χ0n) is 13.6. The minimum atomic E-state index is -0.166. The number of carbonyl (C=O) groups is 2. The normalized spacial score (nSPS) is 10.4. The fourth-order valence-electron chi connectivity index (χ4n) is 1.92. The van der Waals surface area contributed by atoms with E-state index < -0.39 is 0 Å². The Labute approximate surface area is 145 Å². The molecule has 1 aromatic carbocycles. The van der Waals surface area contributed by atoms with Gasteiger partial charge in [0.05, 0.1) is 0 Å². The number of hydrogen-bond acceptors (Lipinski definition) is 5. The highest BCUT2D eigenvalue weighted by Gasteiger charge is 2.08. The molecule has 2 rings (SSSR count). The molecule has 0 unspecified atom stereocenters. The van der Waals surface area contributed by atoms with Crippen molar-refractivity contribution in [1.82, 2.24) is 20.1 Å². The van der Waals surface area contributed by atoms with Crippen LogP contribution >= 0.6 is 11.8 Å². The third kappa shape index (κ3) is 6.41. The van der Waals surface area contributed by atoms with Crippen LogP contribution in [0.1, 0.15) is 18.9 Å². The minimum Gasteiger partial charge on any atom is -0.350 e. The number of benzene rings is 1. The lowest BCUT2D eigenvalue weighted by Gasteiger charge is -2.05. The molecule has 128 valence electrons. The summed E-state index contributed by atoms with van der Waals surface area (Å²) in [6.07, 6.45) is 1.85. The predicted molar refractivity (Wildman–Crippen MR) is 94.6 cm³/mol. The Morgan fingerprint density at radius 2 is 2.00 bits per heavy atom. The van der Waals surface area contributed by atoms with Gasteiger partial charge in [0, 0.05) is 18.7 Å². The van der Waals surface area contributed by atoms with Gasteiger partial charge in [0.25, 0.3) is 0 Å². The Balaban J connectivity index is 1.74. The monoisotopic (exact) mass is 347 g/mol. The van der Waals surface area contributed by atoms with Crippen molar-refractivity contribution < 1.29 is 9.59 Å². The van der Waals surface area contributed by atoms with Gasteiger partial charge in [-0.15, -0.1) is 5.10 Å². The van der Waals surface area contributed by atoms with Crippen LogP contribution in [-0.2, 0) is 22.7 Å². The number of carbonyl (C=O) groups excluding carboxylic acids is 2. The van der Waals surface area contributed by atoms with Gasteiger partial charge in [-0.3, -0.25) is 14.9 Å². The summed E-state index contributed by atoms with van der Waals surface area (Å²) in [5.74, 6) is 1.68. The summed E-state index contributed by atoms with van der Waals surface area (Å²) in [6.45, 7) is 2.57. The van der Waals surface area contributed by atoms with Crippen molar-refractivity contribution in [3.05, 3.63) is 42.2 Å². The van der Waals surface area contributed by atoms with Crippen LogP contribution in [0.4, 0.5) is 5.95 Å². The molecule has 7 nitrogen and oxygen atoms in total. The topological polar surface area (TPSA) is 88.9 Å². The van der Waals surface area contributed by atoms with Crippen molar-refractivity contribution in [2.24, 2.45) is 0 Å². The third-order valence-electron chi connectivity index (χ3n) is 3.10. The van der Waals surface area contributed by atoms with E-state index in [9.17, 15) is 9.59 Å². The first-order valence-electron chi connectivity index (χ1n) is 7.75. The van der Waals surface area contributed by atoms with Gasteiger partial charge in [-0.2, -0.15) is 11.8 Å². The van der Waals surface area contributed by atoms with Crippen molar-refractivity contribution in [1.29, 1.82) is 0 Å². The standard InChI is InChI=1S/C16H21N5O2S/c1-2-24-9-8-14(22)19-16-18-12-21(20-16)11-15(23)17-10-13-6-4-3-5-7-13/h3-7,12H,2,8-11H2,1H3,(H,17,23)(H,19,20,22). The van der Waals surface area contributed by atoms with Gasteiger partial charge in [0.15, 0.2) is 0 Å². The molecule has 0 saturated heterocycles. The minimum absolute atomic E-state index is 0.0569. The molecule has 0 atom stereocenters. The second-order valence-corrected chi connectivity index (χ2v) is 6.42. The van der Waals surface area contributed by atoms with Gasteiger partial charge < -0.3 is 5.32 Å². The van der Waals surface area contributed by atoms with E-state index in [1.54, 1.807) is 11.8 Å². The lowest BCUT2D eigenvalue weighted by Crippen LogP contribution is -2.27. The van der Waals surface area contributed by atoms with Gasteiger partial charge in [-0.05, 0) is 11.3 Å². The highest BCUT2D eigenvalue weighted by molar-refractivity contribution is 7.99. The Morgan fingerprint density at radius 3 is 2.75 bits per heavy atom. The number of thioether (sulfide) groups is 1. The summed E-state index contributed by atoms with van der Waals surface area (Å²) in [6, 6.07) is 9.66. The molecular formula is C16H21N5O2S. The Bertz CT molecular complexity index is 659. The van der Waals surface area contributed by atoms with Crippen LogP contribution in [-0.4, -0.2) is 38.1 Å². The summed E-state index contributed by atoms with van der Waals surface area (Å²) < 4.78 is 1.40. The quantitative estimate of drug-likeness (QED) is 0.674. The first kappa shape index (κ1) is 18.0. The van der Waals surface area contributed by atoms with Crippen molar-refractivity contribution >= 4 is 29.5 Å². The zero-order chi connectivity index (χ0) is 17.2. The number of aromatic nitrogens is 3. The molecule has 8 heteroatoms. The average molecular weight is 347 g/mol. The molecule has 0 fully saturated rings. The maximum absolute atomic E-state index is 11.9. The molecule has 0 bridgehead atoms. The molecule has 2 N–H and O–H groups in total. The SMILES string of the molecule is CCSCCC(=O)Nc1ncn(CC(=O)NCc2ccccc2)n1. The number of nitrogens with one attached hydrogen (secondary N) is 2. The van der Waals surface area contributed by atoms with Crippen LogP contribution in [0.25, 0.3) is 0 Å². The van der Waals surface area contributed by atoms with Crippen LogP contribution in [0.3, 0.4) is 0 Å². The summed E-state index contributed by atoms with van der Waals surface area (Å²) in [4.78, 5) is 27.6. The number of rotatable bonds is 9. The molecule has 2 amide bonds. The number of anilines is 1. The van der Waals surface area contributed by atoms with E-state index in [0.717, 1.165) is 17.1 Å². The molecule has 24 heavy (non-hydrogen) atoms. The largest absolute Gasteiger partial charge is 0.350 e. The highest BCUT2D eigenvalue weighted by Crippen LogP contribution is 2.03. The van der Waals surface area contributed by atoms with E-state index in [4.69, 9.17) is 0 Å². The van der Waals surface area contributed by atoms with Gasteiger partial charge in [0.1, 0.15) is 12.9 Å². The molecule has 0 spiro atoms. The average Bonchev–Trinajstić information content (AvgIpc) is 3.01. The van der Waals surface area contributed by atoms with Crippen molar-refractivity contribution in [2.45, 2.75) is 26.4 Å².